The zero-order chi connectivity index (χ0) is 16.9. The number of nitrogens with zero attached hydrogens (tertiary/aromatic N) is 4. The fourth-order valence-electron chi connectivity index (χ4n) is 2.90. The first kappa shape index (κ1) is 16.1. The number of carbonyl (C=O) groups excluding carboxylic acids is 2. The summed E-state index contributed by atoms with van der Waals surface area (Å²) >= 11 is 0. The average Bonchev–Trinajstić information content (AvgIpc) is 3.15. The number of oxazole rings is 1. The predicted molar refractivity (Wildman–Crippen MR) is 83.9 cm³/mol. The lowest BCUT2D eigenvalue weighted by molar-refractivity contribution is -0.129. The Morgan fingerprint density at radius 3 is 2.71 bits per heavy atom. The second kappa shape index (κ2) is 7.20. The summed E-state index contributed by atoms with van der Waals surface area (Å²) in [6.45, 7) is 3.31. The van der Waals surface area contributed by atoms with Crippen LogP contribution in [0.4, 0.5) is 0 Å². The Morgan fingerprint density at radius 2 is 2.04 bits per heavy atom. The lowest BCUT2D eigenvalue weighted by atomic mass is 9.92. The quantitative estimate of drug-likeness (QED) is 0.902. The van der Waals surface area contributed by atoms with Crippen molar-refractivity contribution in [2.75, 3.05) is 13.1 Å². The third kappa shape index (κ3) is 3.58. The maximum absolute atomic E-state index is 11.9. The van der Waals surface area contributed by atoms with Crippen molar-refractivity contribution >= 4 is 11.8 Å². The third-order valence-corrected chi connectivity index (χ3v) is 4.21. The largest absolute Gasteiger partial charge is 0.438 e. The zero-order valence-corrected chi connectivity index (χ0v) is 13.4. The molecule has 3 heterocycles. The summed E-state index contributed by atoms with van der Waals surface area (Å²) in [7, 11) is 0. The van der Waals surface area contributed by atoms with E-state index in [-0.39, 0.29) is 30.0 Å². The molecule has 1 saturated heterocycles. The van der Waals surface area contributed by atoms with Crippen LogP contribution in [0, 0.1) is 0 Å². The summed E-state index contributed by atoms with van der Waals surface area (Å²) < 4.78 is 4.97. The molecule has 126 valence electrons. The van der Waals surface area contributed by atoms with E-state index in [2.05, 4.69) is 20.3 Å². The van der Waals surface area contributed by atoms with Crippen LogP contribution in [0.2, 0.25) is 0 Å². The minimum Gasteiger partial charge on any atom is -0.438 e. The van der Waals surface area contributed by atoms with Gasteiger partial charge in [0, 0.05) is 38.3 Å². The number of piperidine rings is 1. The Hall–Kier alpha value is -2.77. The standard InChI is InChI=1S/C16H19N5O3/c1-11(22)21-6-2-12(3-7-21)15-13(18-4-5-19-15)8-20-16(23)14-9-17-10-24-14/h4-5,9-10,12H,2-3,6-8H2,1H3,(H,20,23). The maximum Gasteiger partial charge on any atom is 0.289 e. The van der Waals surface area contributed by atoms with Gasteiger partial charge in [0.1, 0.15) is 0 Å². The number of carbonyl (C=O) groups is 2. The molecule has 24 heavy (non-hydrogen) atoms. The first-order chi connectivity index (χ1) is 11.6. The second-order valence-electron chi connectivity index (χ2n) is 5.72. The fourth-order valence-corrected chi connectivity index (χ4v) is 2.90. The van der Waals surface area contributed by atoms with Gasteiger partial charge in [0.15, 0.2) is 6.39 Å². The van der Waals surface area contributed by atoms with E-state index >= 15 is 0 Å². The summed E-state index contributed by atoms with van der Waals surface area (Å²) in [5.41, 5.74) is 1.63. The smallest absolute Gasteiger partial charge is 0.289 e. The topological polar surface area (TPSA) is 101 Å². The molecule has 0 unspecified atom stereocenters. The van der Waals surface area contributed by atoms with Gasteiger partial charge < -0.3 is 14.6 Å². The molecule has 0 aliphatic carbocycles. The highest BCUT2D eigenvalue weighted by Gasteiger charge is 2.25. The van der Waals surface area contributed by atoms with Crippen LogP contribution in [0.3, 0.4) is 0 Å². The van der Waals surface area contributed by atoms with Gasteiger partial charge in [-0.2, -0.15) is 0 Å². The highest BCUT2D eigenvalue weighted by Crippen LogP contribution is 2.28. The molecule has 2 amide bonds. The first-order valence-electron chi connectivity index (χ1n) is 7.87. The number of likely N-dealkylation sites (tertiary alicyclic amines) is 1. The molecule has 3 rings (SSSR count). The van der Waals surface area contributed by atoms with Crippen LogP contribution in [0.5, 0.6) is 0 Å². The molecule has 8 heteroatoms. The van der Waals surface area contributed by atoms with Gasteiger partial charge in [-0.15, -0.1) is 0 Å². The number of rotatable bonds is 4. The van der Waals surface area contributed by atoms with Gasteiger partial charge in [0.2, 0.25) is 11.7 Å². The highest BCUT2D eigenvalue weighted by atomic mass is 16.3. The molecular weight excluding hydrogens is 310 g/mol. The van der Waals surface area contributed by atoms with Gasteiger partial charge in [0.05, 0.1) is 24.1 Å². The van der Waals surface area contributed by atoms with Crippen LogP contribution in [0.1, 0.15) is 47.6 Å². The second-order valence-corrected chi connectivity index (χ2v) is 5.72. The third-order valence-electron chi connectivity index (χ3n) is 4.21. The van der Waals surface area contributed by atoms with Crippen LogP contribution >= 0.6 is 0 Å². The van der Waals surface area contributed by atoms with Gasteiger partial charge >= 0.3 is 0 Å². The highest BCUT2D eigenvalue weighted by molar-refractivity contribution is 5.90. The Balaban J connectivity index is 1.65. The van der Waals surface area contributed by atoms with Gasteiger partial charge in [-0.05, 0) is 12.8 Å². The molecule has 1 N–H and O–H groups in total. The van der Waals surface area contributed by atoms with E-state index < -0.39 is 0 Å². The van der Waals surface area contributed by atoms with E-state index in [4.69, 9.17) is 4.42 Å². The van der Waals surface area contributed by atoms with E-state index in [1.807, 2.05) is 4.90 Å². The summed E-state index contributed by atoms with van der Waals surface area (Å²) in [6, 6.07) is 0. The minimum absolute atomic E-state index is 0.104. The first-order valence-corrected chi connectivity index (χ1v) is 7.87. The summed E-state index contributed by atoms with van der Waals surface area (Å²) in [5, 5.41) is 2.77. The van der Waals surface area contributed by atoms with Crippen molar-refractivity contribution in [1.82, 2.24) is 25.2 Å². The Kier molecular flexibility index (Phi) is 4.83. The lowest BCUT2D eigenvalue weighted by Gasteiger charge is -2.31. The molecular formula is C16H19N5O3. The van der Waals surface area contributed by atoms with Crippen molar-refractivity contribution in [2.24, 2.45) is 0 Å². The zero-order valence-electron chi connectivity index (χ0n) is 13.4. The van der Waals surface area contributed by atoms with Crippen LogP contribution in [-0.2, 0) is 11.3 Å². The molecule has 0 saturated carbocycles. The van der Waals surface area contributed by atoms with E-state index in [1.54, 1.807) is 19.3 Å². The van der Waals surface area contributed by atoms with Crippen LogP contribution < -0.4 is 5.32 Å². The number of amides is 2. The van der Waals surface area contributed by atoms with E-state index in [1.165, 1.54) is 12.6 Å². The molecule has 1 aliphatic heterocycles. The monoisotopic (exact) mass is 329 g/mol. The molecule has 0 aromatic carbocycles. The fraction of sp³-hybridized carbons (Fsp3) is 0.438. The van der Waals surface area contributed by atoms with Crippen molar-refractivity contribution in [3.63, 3.8) is 0 Å². The van der Waals surface area contributed by atoms with Gasteiger partial charge in [-0.1, -0.05) is 0 Å². The molecule has 2 aromatic heterocycles. The van der Waals surface area contributed by atoms with Crippen molar-refractivity contribution in [3.05, 3.63) is 42.1 Å². The summed E-state index contributed by atoms with van der Waals surface area (Å²) in [6.07, 6.45) is 7.55. The Bertz CT molecular complexity index is 708. The Morgan fingerprint density at radius 1 is 1.29 bits per heavy atom. The Labute approximate surface area is 139 Å². The number of aromatic nitrogens is 3. The van der Waals surface area contributed by atoms with E-state index in [0.717, 1.165) is 37.3 Å². The molecule has 1 fully saturated rings. The number of hydrogen-bond donors (Lipinski definition) is 1. The maximum atomic E-state index is 11.9. The normalized spacial score (nSPS) is 15.3. The van der Waals surface area contributed by atoms with Gasteiger partial charge in [-0.3, -0.25) is 19.6 Å². The lowest BCUT2D eigenvalue weighted by Crippen LogP contribution is -2.37. The van der Waals surface area contributed by atoms with Crippen LogP contribution in [0.15, 0.2) is 29.4 Å². The van der Waals surface area contributed by atoms with Crippen molar-refractivity contribution in [3.8, 4) is 0 Å². The van der Waals surface area contributed by atoms with Crippen molar-refractivity contribution in [1.29, 1.82) is 0 Å². The van der Waals surface area contributed by atoms with Crippen LogP contribution in [-0.4, -0.2) is 44.8 Å². The van der Waals surface area contributed by atoms with E-state index in [9.17, 15) is 9.59 Å². The molecule has 0 atom stereocenters. The van der Waals surface area contributed by atoms with Crippen LogP contribution in [0.25, 0.3) is 0 Å². The van der Waals surface area contributed by atoms with Crippen molar-refractivity contribution < 1.29 is 14.0 Å². The molecule has 8 nitrogen and oxygen atoms in total. The predicted octanol–water partition coefficient (Wildman–Crippen LogP) is 1.12. The average molecular weight is 329 g/mol. The molecule has 1 aliphatic rings. The molecule has 0 spiro atoms. The summed E-state index contributed by atoms with van der Waals surface area (Å²) in [5.74, 6) is 0.171. The minimum atomic E-state index is -0.337. The van der Waals surface area contributed by atoms with Crippen molar-refractivity contribution in [2.45, 2.75) is 32.2 Å². The molecule has 2 aromatic rings. The SMILES string of the molecule is CC(=O)N1CCC(c2nccnc2CNC(=O)c2cnco2)CC1. The van der Waals surface area contributed by atoms with Gasteiger partial charge in [-0.25, -0.2) is 4.98 Å². The summed E-state index contributed by atoms with van der Waals surface area (Å²) in [4.78, 5) is 37.8. The molecule has 0 bridgehead atoms. The van der Waals surface area contributed by atoms with Gasteiger partial charge in [0.25, 0.3) is 5.91 Å². The number of hydrogen-bond acceptors (Lipinski definition) is 6. The molecule has 0 radical (unpaired) electrons. The van der Waals surface area contributed by atoms with E-state index in [0.29, 0.717) is 0 Å². The number of nitrogens with one attached hydrogen (secondary N) is 1.